The summed E-state index contributed by atoms with van der Waals surface area (Å²) >= 11 is 0. The van der Waals surface area contributed by atoms with E-state index in [0.717, 1.165) is 12.2 Å². The van der Waals surface area contributed by atoms with Gasteiger partial charge in [-0.1, -0.05) is 20.8 Å². The average Bonchev–Trinajstić information content (AvgIpc) is 2.74. The fourth-order valence-electron chi connectivity index (χ4n) is 1.30. The lowest BCUT2D eigenvalue weighted by molar-refractivity contribution is 0.0936. The number of aryl methyl sites for hydroxylation is 1. The van der Waals surface area contributed by atoms with Gasteiger partial charge in [0.25, 0.3) is 5.91 Å². The van der Waals surface area contributed by atoms with Crippen LogP contribution in [0.25, 0.3) is 0 Å². The number of hydrogen-bond acceptors (Lipinski definition) is 3. The highest BCUT2D eigenvalue weighted by atomic mass is 16.3. The number of amides is 1. The number of carbonyl (C=O) groups excluding carboxylic acids is 1. The van der Waals surface area contributed by atoms with Crippen molar-refractivity contribution in [3.05, 3.63) is 23.7 Å². The summed E-state index contributed by atoms with van der Waals surface area (Å²) in [6.45, 7) is 7.10. The Morgan fingerprint density at radius 2 is 2.25 bits per heavy atom. The van der Waals surface area contributed by atoms with E-state index >= 15 is 0 Å². The van der Waals surface area contributed by atoms with Crippen LogP contribution >= 0.6 is 0 Å². The van der Waals surface area contributed by atoms with Gasteiger partial charge in [0.2, 0.25) is 0 Å². The molecule has 0 saturated carbocycles. The summed E-state index contributed by atoms with van der Waals surface area (Å²) in [5, 5.41) is 2.87. The van der Waals surface area contributed by atoms with Crippen LogP contribution in [0.15, 0.2) is 16.7 Å². The van der Waals surface area contributed by atoms with Crippen molar-refractivity contribution < 1.29 is 9.21 Å². The minimum atomic E-state index is -0.0906. The number of hydrogen-bond donors (Lipinski definition) is 2. The first-order valence-corrected chi connectivity index (χ1v) is 5.55. The Bertz CT molecular complexity index is 356. The number of carbonyl (C=O) groups is 1. The zero-order valence-electron chi connectivity index (χ0n) is 10.2. The van der Waals surface area contributed by atoms with Gasteiger partial charge in [0.05, 0.1) is 11.8 Å². The quantitative estimate of drug-likeness (QED) is 0.797. The second-order valence-corrected chi connectivity index (χ2v) is 4.66. The van der Waals surface area contributed by atoms with Crippen molar-refractivity contribution in [3.63, 3.8) is 0 Å². The van der Waals surface area contributed by atoms with E-state index in [4.69, 9.17) is 10.2 Å². The summed E-state index contributed by atoms with van der Waals surface area (Å²) in [5.41, 5.74) is 6.14. The van der Waals surface area contributed by atoms with Crippen LogP contribution in [0.2, 0.25) is 0 Å². The molecule has 0 aromatic carbocycles. The molecule has 0 saturated heterocycles. The third-order valence-electron chi connectivity index (χ3n) is 2.59. The van der Waals surface area contributed by atoms with Crippen molar-refractivity contribution in [1.82, 2.24) is 5.32 Å². The Morgan fingerprint density at radius 3 is 2.81 bits per heavy atom. The predicted octanol–water partition coefficient (Wildman–Crippen LogP) is 1.56. The minimum Gasteiger partial charge on any atom is -0.469 e. The molecule has 0 spiro atoms. The monoisotopic (exact) mass is 224 g/mol. The zero-order chi connectivity index (χ0) is 12.2. The van der Waals surface area contributed by atoms with E-state index < -0.39 is 0 Å². The van der Waals surface area contributed by atoms with Crippen molar-refractivity contribution in [1.29, 1.82) is 0 Å². The summed E-state index contributed by atoms with van der Waals surface area (Å²) in [4.78, 5) is 11.8. The van der Waals surface area contributed by atoms with E-state index in [1.54, 1.807) is 12.3 Å². The first-order valence-electron chi connectivity index (χ1n) is 5.55. The van der Waals surface area contributed by atoms with Crippen molar-refractivity contribution in [3.8, 4) is 0 Å². The third kappa shape index (κ3) is 3.10. The molecule has 4 nitrogen and oxygen atoms in total. The van der Waals surface area contributed by atoms with Gasteiger partial charge in [0.1, 0.15) is 5.76 Å². The van der Waals surface area contributed by atoms with Crippen molar-refractivity contribution in [2.45, 2.75) is 27.2 Å². The number of nitrogens with one attached hydrogen (secondary N) is 1. The molecular weight excluding hydrogens is 204 g/mol. The average molecular weight is 224 g/mol. The Morgan fingerprint density at radius 1 is 1.56 bits per heavy atom. The molecule has 0 radical (unpaired) electrons. The topological polar surface area (TPSA) is 68.3 Å². The summed E-state index contributed by atoms with van der Waals surface area (Å²) in [5.74, 6) is 0.634. The van der Waals surface area contributed by atoms with Crippen LogP contribution in [0.3, 0.4) is 0 Å². The molecule has 90 valence electrons. The van der Waals surface area contributed by atoms with Gasteiger partial charge in [-0.3, -0.25) is 4.79 Å². The molecule has 1 heterocycles. The highest BCUT2D eigenvalue weighted by Crippen LogP contribution is 2.13. The molecule has 3 N–H and O–H groups in total. The van der Waals surface area contributed by atoms with E-state index in [-0.39, 0.29) is 11.3 Å². The van der Waals surface area contributed by atoms with E-state index in [2.05, 4.69) is 5.32 Å². The van der Waals surface area contributed by atoms with Crippen molar-refractivity contribution in [2.24, 2.45) is 11.1 Å². The van der Waals surface area contributed by atoms with E-state index in [1.165, 1.54) is 0 Å². The lowest BCUT2D eigenvalue weighted by Gasteiger charge is -2.22. The Balaban J connectivity index is 2.60. The molecule has 0 aliphatic rings. The molecule has 1 rings (SSSR count). The van der Waals surface area contributed by atoms with Crippen molar-refractivity contribution in [2.75, 3.05) is 13.1 Å². The van der Waals surface area contributed by atoms with E-state index in [9.17, 15) is 4.79 Å². The molecular formula is C12H20N2O2. The van der Waals surface area contributed by atoms with Crippen LogP contribution in [0, 0.1) is 5.41 Å². The van der Waals surface area contributed by atoms with Gasteiger partial charge in [-0.25, -0.2) is 0 Å². The third-order valence-corrected chi connectivity index (χ3v) is 2.59. The van der Waals surface area contributed by atoms with Gasteiger partial charge in [-0.2, -0.15) is 0 Å². The number of rotatable bonds is 5. The maximum Gasteiger partial charge on any atom is 0.254 e. The summed E-state index contributed by atoms with van der Waals surface area (Å²) < 4.78 is 5.21. The molecule has 0 aliphatic heterocycles. The number of nitrogens with two attached hydrogens (primary N) is 1. The second-order valence-electron chi connectivity index (χ2n) is 4.66. The van der Waals surface area contributed by atoms with Gasteiger partial charge in [0, 0.05) is 13.0 Å². The fourth-order valence-corrected chi connectivity index (χ4v) is 1.30. The molecule has 0 fully saturated rings. The highest BCUT2D eigenvalue weighted by molar-refractivity contribution is 5.95. The summed E-state index contributed by atoms with van der Waals surface area (Å²) in [6.07, 6.45) is 2.26. The van der Waals surface area contributed by atoms with Crippen LogP contribution in [-0.4, -0.2) is 19.0 Å². The maximum absolute atomic E-state index is 11.8. The summed E-state index contributed by atoms with van der Waals surface area (Å²) in [6, 6.07) is 1.70. The molecule has 0 atom stereocenters. The largest absolute Gasteiger partial charge is 0.469 e. The van der Waals surface area contributed by atoms with E-state index in [1.807, 2.05) is 20.8 Å². The van der Waals surface area contributed by atoms with Gasteiger partial charge >= 0.3 is 0 Å². The van der Waals surface area contributed by atoms with Gasteiger partial charge in [-0.05, 0) is 18.0 Å². The summed E-state index contributed by atoms with van der Waals surface area (Å²) in [7, 11) is 0. The minimum absolute atomic E-state index is 0.0776. The van der Waals surface area contributed by atoms with Crippen molar-refractivity contribution >= 4 is 5.91 Å². The van der Waals surface area contributed by atoms with Gasteiger partial charge < -0.3 is 15.5 Å². The first-order chi connectivity index (χ1) is 7.50. The molecule has 4 heteroatoms. The highest BCUT2D eigenvalue weighted by Gasteiger charge is 2.19. The molecule has 0 aliphatic carbocycles. The molecule has 0 bridgehead atoms. The first kappa shape index (κ1) is 12.8. The lowest BCUT2D eigenvalue weighted by Crippen LogP contribution is -2.38. The molecule has 16 heavy (non-hydrogen) atoms. The van der Waals surface area contributed by atoms with Crippen LogP contribution in [-0.2, 0) is 6.42 Å². The maximum atomic E-state index is 11.8. The SMILES string of the molecule is CCc1occc1C(=O)NCC(C)(C)CN. The predicted molar refractivity (Wildman–Crippen MR) is 63.3 cm³/mol. The fraction of sp³-hybridized carbons (Fsp3) is 0.583. The molecule has 1 amide bonds. The zero-order valence-corrected chi connectivity index (χ0v) is 10.2. The Hall–Kier alpha value is -1.29. The standard InChI is InChI=1S/C12H20N2O2/c1-4-10-9(5-6-16-10)11(15)14-8-12(2,3)7-13/h5-6H,4,7-8,13H2,1-3H3,(H,14,15). The van der Waals surface area contributed by atoms with Crippen LogP contribution in [0.4, 0.5) is 0 Å². The number of furan rings is 1. The van der Waals surface area contributed by atoms with Crippen LogP contribution in [0.5, 0.6) is 0 Å². The normalized spacial score (nSPS) is 11.5. The lowest BCUT2D eigenvalue weighted by atomic mass is 9.94. The van der Waals surface area contributed by atoms with Crippen LogP contribution in [0.1, 0.15) is 36.9 Å². The Labute approximate surface area is 96.2 Å². The molecule has 0 unspecified atom stereocenters. The van der Waals surface area contributed by atoms with Crippen LogP contribution < -0.4 is 11.1 Å². The second kappa shape index (κ2) is 5.16. The van der Waals surface area contributed by atoms with Gasteiger partial charge in [-0.15, -0.1) is 0 Å². The van der Waals surface area contributed by atoms with E-state index in [0.29, 0.717) is 18.7 Å². The molecule has 1 aromatic heterocycles. The molecule has 1 aromatic rings. The Kier molecular flexibility index (Phi) is 4.12. The van der Waals surface area contributed by atoms with Gasteiger partial charge in [0.15, 0.2) is 0 Å². The smallest absolute Gasteiger partial charge is 0.254 e.